The van der Waals surface area contributed by atoms with Crippen LogP contribution >= 0.6 is 0 Å². The summed E-state index contributed by atoms with van der Waals surface area (Å²) in [6.45, 7) is 0. The summed E-state index contributed by atoms with van der Waals surface area (Å²) in [5.41, 5.74) is 2.60. The van der Waals surface area contributed by atoms with Crippen LogP contribution in [0.2, 0.25) is 0 Å². The van der Waals surface area contributed by atoms with E-state index in [-0.39, 0.29) is 11.9 Å². The van der Waals surface area contributed by atoms with Crippen LogP contribution in [-0.2, 0) is 22.4 Å². The second-order valence-corrected chi connectivity index (χ2v) is 6.82. The van der Waals surface area contributed by atoms with Crippen molar-refractivity contribution < 1.29 is 18.7 Å². The van der Waals surface area contributed by atoms with E-state index in [1.54, 1.807) is 42.6 Å². The van der Waals surface area contributed by atoms with E-state index in [9.17, 15) is 14.0 Å². The number of hydrogen-bond acceptors (Lipinski definition) is 4. The van der Waals surface area contributed by atoms with E-state index in [4.69, 9.17) is 4.74 Å². The Kier molecular flexibility index (Phi) is 5.24. The SMILES string of the molecule is O=C(Nc1ccc(Oc2cccc(F)c2)cc1)C(=O)NC1CCc2cn[nH]c2C1. The Labute approximate surface area is 166 Å². The number of hydrogen-bond donors (Lipinski definition) is 3. The summed E-state index contributed by atoms with van der Waals surface area (Å²) in [4.78, 5) is 24.4. The highest BCUT2D eigenvalue weighted by Crippen LogP contribution is 2.23. The Morgan fingerprint density at radius 2 is 1.93 bits per heavy atom. The second-order valence-electron chi connectivity index (χ2n) is 6.82. The number of aromatic amines is 1. The van der Waals surface area contributed by atoms with E-state index in [2.05, 4.69) is 20.8 Å². The largest absolute Gasteiger partial charge is 0.457 e. The number of carbonyl (C=O) groups excluding carboxylic acids is 2. The molecule has 0 fully saturated rings. The fourth-order valence-electron chi connectivity index (χ4n) is 3.24. The van der Waals surface area contributed by atoms with Gasteiger partial charge in [-0.25, -0.2) is 4.39 Å². The van der Waals surface area contributed by atoms with Gasteiger partial charge in [0.1, 0.15) is 17.3 Å². The number of H-pyrrole nitrogens is 1. The molecule has 1 aromatic heterocycles. The van der Waals surface area contributed by atoms with E-state index in [1.807, 2.05) is 0 Å². The first-order valence-electron chi connectivity index (χ1n) is 9.23. The lowest BCUT2D eigenvalue weighted by atomic mass is 9.94. The Morgan fingerprint density at radius 3 is 2.72 bits per heavy atom. The van der Waals surface area contributed by atoms with Crippen molar-refractivity contribution in [3.05, 3.63) is 71.8 Å². The Morgan fingerprint density at radius 1 is 1.10 bits per heavy atom. The number of nitrogens with zero attached hydrogens (tertiary/aromatic N) is 1. The van der Waals surface area contributed by atoms with Crippen LogP contribution in [0.3, 0.4) is 0 Å². The van der Waals surface area contributed by atoms with Crippen molar-refractivity contribution in [3.8, 4) is 11.5 Å². The second kappa shape index (κ2) is 8.14. The first kappa shape index (κ1) is 18.7. The maximum atomic E-state index is 13.2. The minimum Gasteiger partial charge on any atom is -0.457 e. The quantitative estimate of drug-likeness (QED) is 0.593. The van der Waals surface area contributed by atoms with Gasteiger partial charge in [-0.05, 0) is 54.8 Å². The van der Waals surface area contributed by atoms with E-state index in [0.717, 1.165) is 24.1 Å². The molecule has 2 amide bonds. The Balaban J connectivity index is 1.30. The molecule has 1 unspecified atom stereocenters. The number of anilines is 1. The summed E-state index contributed by atoms with van der Waals surface area (Å²) >= 11 is 0. The van der Waals surface area contributed by atoms with Crippen molar-refractivity contribution in [2.24, 2.45) is 0 Å². The summed E-state index contributed by atoms with van der Waals surface area (Å²) < 4.78 is 18.8. The first-order valence-corrected chi connectivity index (χ1v) is 9.23. The molecular weight excluding hydrogens is 375 g/mol. The third-order valence-electron chi connectivity index (χ3n) is 4.71. The molecule has 0 radical (unpaired) electrons. The molecule has 1 heterocycles. The van der Waals surface area contributed by atoms with Gasteiger partial charge in [0.25, 0.3) is 0 Å². The molecule has 148 valence electrons. The minimum absolute atomic E-state index is 0.108. The lowest BCUT2D eigenvalue weighted by Gasteiger charge is -2.22. The summed E-state index contributed by atoms with van der Waals surface area (Å²) in [6, 6.07) is 12.2. The third kappa shape index (κ3) is 4.60. The standard InChI is InChI=1S/C21H19FN4O3/c22-14-2-1-3-18(10-14)29-17-8-6-15(7-9-17)24-20(27)21(28)25-16-5-4-13-12-23-26-19(13)11-16/h1-3,6-10,12,16H,4-5,11H2,(H,23,26)(H,24,27)(H,25,28). The van der Waals surface area contributed by atoms with E-state index in [1.165, 1.54) is 12.1 Å². The number of nitrogens with one attached hydrogen (secondary N) is 3. The molecule has 3 N–H and O–H groups in total. The van der Waals surface area contributed by atoms with Crippen LogP contribution in [0.15, 0.2) is 54.7 Å². The number of amides is 2. The van der Waals surface area contributed by atoms with Crippen LogP contribution in [0.5, 0.6) is 11.5 Å². The maximum Gasteiger partial charge on any atom is 0.313 e. The molecule has 1 atom stereocenters. The summed E-state index contributed by atoms with van der Waals surface area (Å²) in [7, 11) is 0. The molecule has 0 spiro atoms. The monoisotopic (exact) mass is 394 g/mol. The zero-order valence-electron chi connectivity index (χ0n) is 15.4. The molecule has 1 aliphatic carbocycles. The van der Waals surface area contributed by atoms with E-state index < -0.39 is 11.8 Å². The number of benzene rings is 2. The minimum atomic E-state index is -0.737. The van der Waals surface area contributed by atoms with E-state index in [0.29, 0.717) is 23.6 Å². The average molecular weight is 394 g/mol. The fourth-order valence-corrected chi connectivity index (χ4v) is 3.24. The molecule has 0 saturated heterocycles. The average Bonchev–Trinajstić information content (AvgIpc) is 3.17. The normalized spacial score (nSPS) is 15.3. The topological polar surface area (TPSA) is 96.1 Å². The van der Waals surface area contributed by atoms with Crippen molar-refractivity contribution in [2.75, 3.05) is 5.32 Å². The Hall–Kier alpha value is -3.68. The summed E-state index contributed by atoms with van der Waals surface area (Å²) in [5, 5.41) is 12.2. The van der Waals surface area contributed by atoms with Gasteiger partial charge in [0.2, 0.25) is 0 Å². The third-order valence-corrected chi connectivity index (χ3v) is 4.71. The predicted octanol–water partition coefficient (Wildman–Crippen LogP) is 2.95. The van der Waals surface area contributed by atoms with Gasteiger partial charge in [0.15, 0.2) is 0 Å². The smallest absolute Gasteiger partial charge is 0.313 e. The van der Waals surface area contributed by atoms with Crippen LogP contribution < -0.4 is 15.4 Å². The van der Waals surface area contributed by atoms with Gasteiger partial charge in [-0.1, -0.05) is 6.07 Å². The van der Waals surface area contributed by atoms with Crippen molar-refractivity contribution >= 4 is 17.5 Å². The zero-order chi connectivity index (χ0) is 20.2. The van der Waals surface area contributed by atoms with E-state index >= 15 is 0 Å². The number of aryl methyl sites for hydroxylation is 1. The molecule has 29 heavy (non-hydrogen) atoms. The number of fused-ring (bicyclic) bond motifs is 1. The highest BCUT2D eigenvalue weighted by Gasteiger charge is 2.24. The molecule has 0 aliphatic heterocycles. The molecule has 1 aliphatic rings. The van der Waals surface area contributed by atoms with Crippen molar-refractivity contribution in [1.29, 1.82) is 0 Å². The van der Waals surface area contributed by atoms with Gasteiger partial charge >= 0.3 is 11.8 Å². The van der Waals surface area contributed by atoms with Gasteiger partial charge in [-0.15, -0.1) is 0 Å². The highest BCUT2D eigenvalue weighted by atomic mass is 19.1. The lowest BCUT2D eigenvalue weighted by Crippen LogP contribution is -2.44. The molecule has 0 saturated carbocycles. The number of rotatable bonds is 4. The first-order chi connectivity index (χ1) is 14.1. The van der Waals surface area contributed by atoms with Crippen LogP contribution in [0, 0.1) is 5.82 Å². The van der Waals surface area contributed by atoms with Gasteiger partial charge in [0.05, 0.1) is 6.20 Å². The van der Waals surface area contributed by atoms with Crippen LogP contribution in [-0.4, -0.2) is 28.1 Å². The molecule has 8 heteroatoms. The molecule has 3 aromatic rings. The van der Waals surface area contributed by atoms with Crippen molar-refractivity contribution in [3.63, 3.8) is 0 Å². The van der Waals surface area contributed by atoms with Gasteiger partial charge in [-0.2, -0.15) is 5.10 Å². The van der Waals surface area contributed by atoms with Gasteiger partial charge in [0, 0.05) is 29.9 Å². The van der Waals surface area contributed by atoms with Gasteiger partial charge in [-0.3, -0.25) is 14.7 Å². The predicted molar refractivity (Wildman–Crippen MR) is 104 cm³/mol. The van der Waals surface area contributed by atoms with Crippen LogP contribution in [0.25, 0.3) is 0 Å². The van der Waals surface area contributed by atoms with Crippen molar-refractivity contribution in [1.82, 2.24) is 15.5 Å². The highest BCUT2D eigenvalue weighted by molar-refractivity contribution is 6.39. The summed E-state index contributed by atoms with van der Waals surface area (Å²) in [5.74, 6) is -0.957. The lowest BCUT2D eigenvalue weighted by molar-refractivity contribution is -0.136. The molecule has 2 aromatic carbocycles. The molecule has 4 rings (SSSR count). The van der Waals surface area contributed by atoms with Crippen LogP contribution in [0.1, 0.15) is 17.7 Å². The summed E-state index contributed by atoms with van der Waals surface area (Å²) in [6.07, 6.45) is 3.99. The van der Waals surface area contributed by atoms with Gasteiger partial charge < -0.3 is 15.4 Å². The van der Waals surface area contributed by atoms with Crippen molar-refractivity contribution in [2.45, 2.75) is 25.3 Å². The number of halogens is 1. The molecule has 7 nitrogen and oxygen atoms in total. The molecule has 0 bridgehead atoms. The Bertz CT molecular complexity index is 1030. The van der Waals surface area contributed by atoms with Crippen LogP contribution in [0.4, 0.5) is 10.1 Å². The number of carbonyl (C=O) groups is 2. The maximum absolute atomic E-state index is 13.2. The number of ether oxygens (including phenoxy) is 1. The fraction of sp³-hybridized carbons (Fsp3) is 0.190. The zero-order valence-corrected chi connectivity index (χ0v) is 15.4. The number of aromatic nitrogens is 2. The molecular formula is C21H19FN4O3.